The number of nitrogens with zero attached hydrogens (tertiary/aromatic N) is 1. The fourth-order valence-electron chi connectivity index (χ4n) is 2.86. The van der Waals surface area contributed by atoms with Crippen LogP contribution in [-0.2, 0) is 21.2 Å². The minimum atomic E-state index is -3.51. The van der Waals surface area contributed by atoms with Gasteiger partial charge in [0.1, 0.15) is 4.21 Å². The average Bonchev–Trinajstić information content (AvgIpc) is 3.09. The Morgan fingerprint density at radius 2 is 2.17 bits per heavy atom. The first kappa shape index (κ1) is 17.0. The van der Waals surface area contributed by atoms with Gasteiger partial charge in [-0.1, -0.05) is 13.0 Å². The number of carbonyl (C=O) groups excluding carboxylic acids is 1. The van der Waals surface area contributed by atoms with Crippen LogP contribution in [0.3, 0.4) is 0 Å². The van der Waals surface area contributed by atoms with Crippen LogP contribution in [0.2, 0.25) is 0 Å². The van der Waals surface area contributed by atoms with Crippen LogP contribution in [0.15, 0.2) is 39.9 Å². The molecule has 1 aromatic heterocycles. The molecular formula is C17H20N2O3S2. The minimum absolute atomic E-state index is 0.0173. The van der Waals surface area contributed by atoms with E-state index in [4.69, 9.17) is 0 Å². The number of benzene rings is 1. The second-order valence-corrected chi connectivity index (χ2v) is 8.79. The third kappa shape index (κ3) is 3.32. The first-order chi connectivity index (χ1) is 11.5. The van der Waals surface area contributed by atoms with Gasteiger partial charge in [-0.05, 0) is 54.5 Å². The molecule has 1 aliphatic heterocycles. The number of fused-ring (bicyclic) bond motifs is 1. The standard InChI is InChI=1S/C17H20N2O3S2/c1-2-5-16(20)18-14-8-9-15-13(12-14)6-3-10-19(15)24(21,22)17-7-4-11-23-17/h4,7-9,11-12H,2-3,5-6,10H2,1H3,(H,18,20). The lowest BCUT2D eigenvalue weighted by Gasteiger charge is -2.30. The van der Waals surface area contributed by atoms with Crippen molar-refractivity contribution in [2.24, 2.45) is 0 Å². The number of amides is 1. The van der Waals surface area contributed by atoms with Crippen LogP contribution in [0.1, 0.15) is 31.7 Å². The molecule has 128 valence electrons. The molecule has 0 bridgehead atoms. The minimum Gasteiger partial charge on any atom is -0.326 e. The normalized spacial score (nSPS) is 14.3. The van der Waals surface area contributed by atoms with E-state index in [9.17, 15) is 13.2 Å². The Labute approximate surface area is 146 Å². The van der Waals surface area contributed by atoms with Gasteiger partial charge in [0.05, 0.1) is 5.69 Å². The first-order valence-electron chi connectivity index (χ1n) is 8.01. The summed E-state index contributed by atoms with van der Waals surface area (Å²) in [5.41, 5.74) is 2.39. The predicted octanol–water partition coefficient (Wildman–Crippen LogP) is 3.63. The summed E-state index contributed by atoms with van der Waals surface area (Å²) >= 11 is 1.23. The van der Waals surface area contributed by atoms with E-state index >= 15 is 0 Å². The molecule has 7 heteroatoms. The summed E-state index contributed by atoms with van der Waals surface area (Å²) in [6.45, 7) is 2.44. The zero-order valence-corrected chi connectivity index (χ0v) is 15.1. The van der Waals surface area contributed by atoms with Gasteiger partial charge in [0.2, 0.25) is 5.91 Å². The van der Waals surface area contributed by atoms with Gasteiger partial charge >= 0.3 is 0 Å². The third-order valence-electron chi connectivity index (χ3n) is 3.96. The van der Waals surface area contributed by atoms with Gasteiger partial charge in [0.25, 0.3) is 10.0 Å². The molecule has 0 saturated heterocycles. The molecule has 0 atom stereocenters. The summed E-state index contributed by atoms with van der Waals surface area (Å²) in [4.78, 5) is 11.7. The van der Waals surface area contributed by atoms with Crippen LogP contribution in [-0.4, -0.2) is 20.9 Å². The van der Waals surface area contributed by atoms with Gasteiger partial charge in [-0.2, -0.15) is 0 Å². The van der Waals surface area contributed by atoms with Crippen molar-refractivity contribution in [3.63, 3.8) is 0 Å². The van der Waals surface area contributed by atoms with Gasteiger partial charge in [0.15, 0.2) is 0 Å². The number of sulfonamides is 1. The van der Waals surface area contributed by atoms with E-state index in [1.165, 1.54) is 15.6 Å². The fourth-order valence-corrected chi connectivity index (χ4v) is 5.51. The van der Waals surface area contributed by atoms with Crippen molar-refractivity contribution in [2.75, 3.05) is 16.2 Å². The van der Waals surface area contributed by atoms with E-state index in [1.807, 2.05) is 13.0 Å². The maximum Gasteiger partial charge on any atom is 0.273 e. The third-order valence-corrected chi connectivity index (χ3v) is 7.14. The number of hydrogen-bond acceptors (Lipinski definition) is 4. The highest BCUT2D eigenvalue weighted by molar-refractivity contribution is 7.94. The summed E-state index contributed by atoms with van der Waals surface area (Å²) in [6.07, 6.45) is 2.85. The van der Waals surface area contributed by atoms with Crippen molar-refractivity contribution in [1.82, 2.24) is 0 Å². The Kier molecular flexibility index (Phi) is 4.91. The Hall–Kier alpha value is -1.86. The van der Waals surface area contributed by atoms with Gasteiger partial charge in [-0.15, -0.1) is 11.3 Å². The first-order valence-corrected chi connectivity index (χ1v) is 10.3. The topological polar surface area (TPSA) is 66.5 Å². The highest BCUT2D eigenvalue weighted by atomic mass is 32.2. The van der Waals surface area contributed by atoms with E-state index < -0.39 is 10.0 Å². The second-order valence-electron chi connectivity index (χ2n) is 5.75. The molecule has 1 aromatic carbocycles. The van der Waals surface area contributed by atoms with Gasteiger partial charge in [-0.25, -0.2) is 8.42 Å². The quantitative estimate of drug-likeness (QED) is 0.881. The fraction of sp³-hybridized carbons (Fsp3) is 0.353. The van der Waals surface area contributed by atoms with Crippen LogP contribution in [0, 0.1) is 0 Å². The number of carbonyl (C=O) groups is 1. The summed E-state index contributed by atoms with van der Waals surface area (Å²) in [5, 5.41) is 4.64. The molecule has 0 spiro atoms. The molecule has 0 unspecified atom stereocenters. The molecular weight excluding hydrogens is 344 g/mol. The van der Waals surface area contributed by atoms with E-state index in [0.717, 1.165) is 30.5 Å². The monoisotopic (exact) mass is 364 g/mol. The van der Waals surface area contributed by atoms with Crippen LogP contribution in [0.25, 0.3) is 0 Å². The van der Waals surface area contributed by atoms with E-state index in [2.05, 4.69) is 5.32 Å². The predicted molar refractivity (Wildman–Crippen MR) is 97.2 cm³/mol. The molecule has 1 N–H and O–H groups in total. The van der Waals surface area contributed by atoms with Crippen LogP contribution < -0.4 is 9.62 Å². The molecule has 1 aliphatic rings. The van der Waals surface area contributed by atoms with Crippen LogP contribution >= 0.6 is 11.3 Å². The highest BCUT2D eigenvalue weighted by Gasteiger charge is 2.29. The number of anilines is 2. The van der Waals surface area contributed by atoms with E-state index in [1.54, 1.807) is 29.6 Å². The Bertz CT molecular complexity index is 830. The molecule has 0 radical (unpaired) electrons. The van der Waals surface area contributed by atoms with Crippen molar-refractivity contribution >= 4 is 38.6 Å². The average molecular weight is 364 g/mol. The molecule has 2 aromatic rings. The maximum absolute atomic E-state index is 12.8. The SMILES string of the molecule is CCCC(=O)Nc1ccc2c(c1)CCCN2S(=O)(=O)c1cccs1. The lowest BCUT2D eigenvalue weighted by atomic mass is 10.0. The van der Waals surface area contributed by atoms with Crippen molar-refractivity contribution in [2.45, 2.75) is 36.8 Å². The summed E-state index contributed by atoms with van der Waals surface area (Å²) in [7, 11) is -3.51. The van der Waals surface area contributed by atoms with Gasteiger partial charge in [0, 0.05) is 18.7 Å². The molecule has 24 heavy (non-hydrogen) atoms. The van der Waals surface area contributed by atoms with Gasteiger partial charge in [-0.3, -0.25) is 9.10 Å². The number of hydrogen-bond donors (Lipinski definition) is 1. The molecule has 5 nitrogen and oxygen atoms in total. The van der Waals surface area contributed by atoms with E-state index in [0.29, 0.717) is 22.9 Å². The number of nitrogens with one attached hydrogen (secondary N) is 1. The number of aryl methyl sites for hydroxylation is 1. The molecule has 1 amide bonds. The van der Waals surface area contributed by atoms with Crippen LogP contribution in [0.4, 0.5) is 11.4 Å². The van der Waals surface area contributed by atoms with Crippen molar-refractivity contribution in [1.29, 1.82) is 0 Å². The smallest absolute Gasteiger partial charge is 0.273 e. The Morgan fingerprint density at radius 3 is 2.88 bits per heavy atom. The zero-order chi connectivity index (χ0) is 17.2. The second kappa shape index (κ2) is 6.94. The summed E-state index contributed by atoms with van der Waals surface area (Å²) < 4.78 is 27.5. The molecule has 0 fully saturated rings. The molecule has 0 aliphatic carbocycles. The maximum atomic E-state index is 12.8. The Morgan fingerprint density at radius 1 is 1.33 bits per heavy atom. The number of rotatable bonds is 5. The largest absolute Gasteiger partial charge is 0.326 e. The zero-order valence-electron chi connectivity index (χ0n) is 13.5. The summed E-state index contributed by atoms with van der Waals surface area (Å²) in [5.74, 6) is -0.0173. The lowest BCUT2D eigenvalue weighted by molar-refractivity contribution is -0.116. The van der Waals surface area contributed by atoms with E-state index in [-0.39, 0.29) is 5.91 Å². The lowest BCUT2D eigenvalue weighted by Crippen LogP contribution is -2.35. The molecule has 3 rings (SSSR count). The highest BCUT2D eigenvalue weighted by Crippen LogP contribution is 2.34. The molecule has 2 heterocycles. The Balaban J connectivity index is 1.90. The van der Waals surface area contributed by atoms with Crippen molar-refractivity contribution in [3.05, 3.63) is 41.3 Å². The van der Waals surface area contributed by atoms with Crippen molar-refractivity contribution < 1.29 is 13.2 Å². The van der Waals surface area contributed by atoms with Crippen molar-refractivity contribution in [3.8, 4) is 0 Å². The van der Waals surface area contributed by atoms with Gasteiger partial charge < -0.3 is 5.32 Å². The summed E-state index contributed by atoms with van der Waals surface area (Å²) in [6, 6.07) is 8.83. The number of thiophene rings is 1. The molecule has 0 saturated carbocycles. The van der Waals surface area contributed by atoms with Crippen LogP contribution in [0.5, 0.6) is 0 Å².